The Morgan fingerprint density at radius 3 is 2.53 bits per heavy atom. The van der Waals surface area contributed by atoms with Crippen molar-refractivity contribution in [1.82, 2.24) is 0 Å². The molecule has 0 saturated heterocycles. The van der Waals surface area contributed by atoms with Gasteiger partial charge in [0.1, 0.15) is 6.23 Å². The molecule has 1 aromatic rings. The van der Waals surface area contributed by atoms with Crippen molar-refractivity contribution in [2.45, 2.75) is 33.4 Å². The number of aryl methyl sites for hydroxylation is 1. The lowest BCUT2D eigenvalue weighted by Crippen LogP contribution is -2.32. The van der Waals surface area contributed by atoms with E-state index in [1.165, 1.54) is 0 Å². The van der Waals surface area contributed by atoms with Gasteiger partial charge in [0.15, 0.2) is 0 Å². The third-order valence-electron chi connectivity index (χ3n) is 2.63. The Bertz CT molecular complexity index is 323. The van der Waals surface area contributed by atoms with E-state index in [0.29, 0.717) is 0 Å². The standard InChI is InChI=1S/C12H20N2O/c1-4-10-8-11(6-7-12(10)13)14(5-2)9(3)15/h6-9,15H,4-5,13H2,1-3H3. The van der Waals surface area contributed by atoms with Crippen LogP contribution in [0.1, 0.15) is 26.3 Å². The molecule has 3 nitrogen and oxygen atoms in total. The first-order valence-electron chi connectivity index (χ1n) is 5.43. The van der Waals surface area contributed by atoms with Crippen LogP contribution in [-0.4, -0.2) is 17.9 Å². The van der Waals surface area contributed by atoms with E-state index in [4.69, 9.17) is 5.73 Å². The molecule has 0 aliphatic carbocycles. The van der Waals surface area contributed by atoms with E-state index in [1.807, 2.05) is 30.0 Å². The van der Waals surface area contributed by atoms with Crippen LogP contribution in [0.2, 0.25) is 0 Å². The van der Waals surface area contributed by atoms with E-state index in [1.54, 1.807) is 6.92 Å². The summed E-state index contributed by atoms with van der Waals surface area (Å²) in [6, 6.07) is 5.90. The molecule has 84 valence electrons. The number of hydrogen-bond donors (Lipinski definition) is 2. The second-order valence-electron chi connectivity index (χ2n) is 3.65. The monoisotopic (exact) mass is 208 g/mol. The van der Waals surface area contributed by atoms with Crippen LogP contribution in [0, 0.1) is 0 Å². The van der Waals surface area contributed by atoms with Crippen molar-refractivity contribution >= 4 is 11.4 Å². The third-order valence-corrected chi connectivity index (χ3v) is 2.63. The van der Waals surface area contributed by atoms with Gasteiger partial charge in [0, 0.05) is 17.9 Å². The van der Waals surface area contributed by atoms with Crippen LogP contribution in [-0.2, 0) is 6.42 Å². The zero-order valence-corrected chi connectivity index (χ0v) is 9.70. The van der Waals surface area contributed by atoms with Crippen molar-refractivity contribution in [2.24, 2.45) is 0 Å². The second kappa shape index (κ2) is 5.03. The molecule has 1 aromatic carbocycles. The maximum atomic E-state index is 9.59. The Morgan fingerprint density at radius 2 is 2.07 bits per heavy atom. The average Bonchev–Trinajstić information content (AvgIpc) is 2.21. The summed E-state index contributed by atoms with van der Waals surface area (Å²) in [4.78, 5) is 1.93. The predicted octanol–water partition coefficient (Wildman–Crippen LogP) is 2.00. The first kappa shape index (κ1) is 11.9. The molecule has 0 aliphatic rings. The van der Waals surface area contributed by atoms with Crippen LogP contribution in [0.25, 0.3) is 0 Å². The minimum atomic E-state index is -0.469. The van der Waals surface area contributed by atoms with Gasteiger partial charge >= 0.3 is 0 Å². The number of nitrogens with two attached hydrogens (primary N) is 1. The Balaban J connectivity index is 3.03. The summed E-state index contributed by atoms with van der Waals surface area (Å²) in [5.74, 6) is 0. The van der Waals surface area contributed by atoms with Gasteiger partial charge in [0.25, 0.3) is 0 Å². The minimum Gasteiger partial charge on any atom is -0.399 e. The number of aliphatic hydroxyl groups excluding tert-OH is 1. The highest BCUT2D eigenvalue weighted by Gasteiger charge is 2.10. The molecule has 0 bridgehead atoms. The summed E-state index contributed by atoms with van der Waals surface area (Å²) in [6.07, 6.45) is 0.445. The highest BCUT2D eigenvalue weighted by Crippen LogP contribution is 2.22. The van der Waals surface area contributed by atoms with Crippen LogP contribution in [0.15, 0.2) is 18.2 Å². The minimum absolute atomic E-state index is 0.469. The van der Waals surface area contributed by atoms with Crippen LogP contribution in [0.5, 0.6) is 0 Å². The van der Waals surface area contributed by atoms with Crippen molar-refractivity contribution in [3.05, 3.63) is 23.8 Å². The van der Waals surface area contributed by atoms with Gasteiger partial charge in [-0.3, -0.25) is 0 Å². The van der Waals surface area contributed by atoms with E-state index >= 15 is 0 Å². The normalized spacial score (nSPS) is 12.5. The number of rotatable bonds is 4. The number of nitrogen functional groups attached to an aromatic ring is 1. The predicted molar refractivity (Wildman–Crippen MR) is 64.9 cm³/mol. The van der Waals surface area contributed by atoms with Crippen LogP contribution in [0.3, 0.4) is 0 Å². The fourth-order valence-electron chi connectivity index (χ4n) is 1.74. The lowest BCUT2D eigenvalue weighted by atomic mass is 10.1. The molecule has 3 heteroatoms. The molecular formula is C12H20N2O. The van der Waals surface area contributed by atoms with Crippen molar-refractivity contribution in [3.8, 4) is 0 Å². The number of benzene rings is 1. The molecule has 15 heavy (non-hydrogen) atoms. The number of aliphatic hydroxyl groups is 1. The molecule has 0 aromatic heterocycles. The smallest absolute Gasteiger partial charge is 0.124 e. The zero-order chi connectivity index (χ0) is 11.4. The van der Waals surface area contributed by atoms with E-state index in [0.717, 1.165) is 29.9 Å². The van der Waals surface area contributed by atoms with Gasteiger partial charge in [-0.05, 0) is 44.0 Å². The highest BCUT2D eigenvalue weighted by molar-refractivity contribution is 5.58. The second-order valence-corrected chi connectivity index (χ2v) is 3.65. The fourth-order valence-corrected chi connectivity index (χ4v) is 1.74. The molecule has 1 atom stereocenters. The zero-order valence-electron chi connectivity index (χ0n) is 9.70. The number of nitrogens with zero attached hydrogens (tertiary/aromatic N) is 1. The van der Waals surface area contributed by atoms with Crippen molar-refractivity contribution in [3.63, 3.8) is 0 Å². The molecule has 3 N–H and O–H groups in total. The van der Waals surface area contributed by atoms with Crippen LogP contribution < -0.4 is 10.6 Å². The first-order chi connectivity index (χ1) is 7.10. The van der Waals surface area contributed by atoms with Gasteiger partial charge in [-0.25, -0.2) is 0 Å². The van der Waals surface area contributed by atoms with Gasteiger partial charge in [0.05, 0.1) is 0 Å². The van der Waals surface area contributed by atoms with Crippen LogP contribution in [0.4, 0.5) is 11.4 Å². The van der Waals surface area contributed by atoms with Gasteiger partial charge in [-0.1, -0.05) is 6.92 Å². The molecule has 0 fully saturated rings. The molecule has 0 spiro atoms. The number of hydrogen-bond acceptors (Lipinski definition) is 3. The first-order valence-corrected chi connectivity index (χ1v) is 5.43. The maximum Gasteiger partial charge on any atom is 0.124 e. The summed E-state index contributed by atoms with van der Waals surface area (Å²) in [5, 5.41) is 9.59. The van der Waals surface area contributed by atoms with E-state index < -0.39 is 6.23 Å². The SMILES string of the molecule is CCc1cc(N(CC)C(C)O)ccc1N. The number of anilines is 2. The molecular weight excluding hydrogens is 188 g/mol. The Labute approximate surface area is 91.5 Å². The Kier molecular flexibility index (Phi) is 3.97. The summed E-state index contributed by atoms with van der Waals surface area (Å²) in [7, 11) is 0. The molecule has 1 unspecified atom stereocenters. The lowest BCUT2D eigenvalue weighted by Gasteiger charge is -2.26. The van der Waals surface area contributed by atoms with Gasteiger partial charge < -0.3 is 15.7 Å². The van der Waals surface area contributed by atoms with E-state index in [9.17, 15) is 5.11 Å². The molecule has 0 heterocycles. The average molecular weight is 208 g/mol. The van der Waals surface area contributed by atoms with E-state index in [-0.39, 0.29) is 0 Å². The largest absolute Gasteiger partial charge is 0.399 e. The Morgan fingerprint density at radius 1 is 1.40 bits per heavy atom. The van der Waals surface area contributed by atoms with Crippen molar-refractivity contribution in [1.29, 1.82) is 0 Å². The topological polar surface area (TPSA) is 49.5 Å². The maximum absolute atomic E-state index is 9.59. The van der Waals surface area contributed by atoms with E-state index in [2.05, 4.69) is 6.92 Å². The summed E-state index contributed by atoms with van der Waals surface area (Å²) >= 11 is 0. The summed E-state index contributed by atoms with van der Waals surface area (Å²) in [6.45, 7) is 6.65. The Hall–Kier alpha value is -1.22. The van der Waals surface area contributed by atoms with Crippen LogP contribution >= 0.6 is 0 Å². The third kappa shape index (κ3) is 2.63. The highest BCUT2D eigenvalue weighted by atomic mass is 16.3. The van der Waals surface area contributed by atoms with Gasteiger partial charge in [-0.15, -0.1) is 0 Å². The quantitative estimate of drug-likeness (QED) is 0.587. The van der Waals surface area contributed by atoms with Gasteiger partial charge in [0.2, 0.25) is 0 Å². The van der Waals surface area contributed by atoms with Crippen molar-refractivity contribution < 1.29 is 5.11 Å². The molecule has 0 radical (unpaired) electrons. The molecule has 0 aliphatic heterocycles. The fraction of sp³-hybridized carbons (Fsp3) is 0.500. The molecule has 0 saturated carbocycles. The summed E-state index contributed by atoms with van der Waals surface area (Å²) in [5.41, 5.74) is 8.82. The molecule has 0 amide bonds. The summed E-state index contributed by atoms with van der Waals surface area (Å²) < 4.78 is 0. The van der Waals surface area contributed by atoms with Crippen molar-refractivity contribution in [2.75, 3.05) is 17.2 Å². The van der Waals surface area contributed by atoms with Gasteiger partial charge in [-0.2, -0.15) is 0 Å². The molecule has 1 rings (SSSR count). The lowest BCUT2D eigenvalue weighted by molar-refractivity contribution is 0.190.